The predicted octanol–water partition coefficient (Wildman–Crippen LogP) is 4.23. The van der Waals surface area contributed by atoms with Gasteiger partial charge < -0.3 is 9.64 Å². The lowest BCUT2D eigenvalue weighted by Crippen LogP contribution is -2.30. The van der Waals surface area contributed by atoms with Crippen molar-refractivity contribution in [2.75, 3.05) is 20.2 Å². The highest BCUT2D eigenvalue weighted by atomic mass is 32.1. The second kappa shape index (κ2) is 8.73. The molecule has 2 rings (SSSR count). The van der Waals surface area contributed by atoms with Crippen LogP contribution in [0.2, 0.25) is 0 Å². The first-order valence-corrected chi connectivity index (χ1v) is 8.90. The van der Waals surface area contributed by atoms with Crippen molar-refractivity contribution in [3.8, 4) is 5.75 Å². The molecule has 0 atom stereocenters. The summed E-state index contributed by atoms with van der Waals surface area (Å²) < 4.78 is 5.76. The van der Waals surface area contributed by atoms with Crippen molar-refractivity contribution >= 4 is 17.2 Å². The Hall–Kier alpha value is -1.81. The van der Waals surface area contributed by atoms with Crippen LogP contribution in [0.5, 0.6) is 5.75 Å². The summed E-state index contributed by atoms with van der Waals surface area (Å²) in [4.78, 5) is 15.2. The van der Waals surface area contributed by atoms with Crippen LogP contribution < -0.4 is 4.74 Å². The van der Waals surface area contributed by atoms with Crippen molar-refractivity contribution in [1.29, 1.82) is 0 Å². The molecule has 0 bridgehead atoms. The topological polar surface area (TPSA) is 29.5 Å². The summed E-state index contributed by atoms with van der Waals surface area (Å²) in [6, 6.07) is 10.3. The van der Waals surface area contributed by atoms with Crippen LogP contribution in [0, 0.1) is 13.8 Å². The minimum Gasteiger partial charge on any atom is -0.492 e. The molecule has 0 fully saturated rings. The van der Waals surface area contributed by atoms with E-state index < -0.39 is 0 Å². The van der Waals surface area contributed by atoms with Crippen molar-refractivity contribution < 1.29 is 9.53 Å². The standard InChI is InChI=1S/C19H25NO2S/c1-15-12-16(2)14-17(13-15)22-10-9-20(3)19(21)8-4-6-18-7-5-11-23-18/h5,7,11-14H,4,6,8-10H2,1-3H3. The van der Waals surface area contributed by atoms with E-state index in [1.54, 1.807) is 16.2 Å². The van der Waals surface area contributed by atoms with Crippen LogP contribution in [0.4, 0.5) is 0 Å². The number of likely N-dealkylation sites (N-methyl/N-ethyl adjacent to an activating group) is 1. The minimum atomic E-state index is 0.186. The maximum absolute atomic E-state index is 12.1. The van der Waals surface area contributed by atoms with E-state index in [2.05, 4.69) is 37.4 Å². The molecule has 1 amide bonds. The van der Waals surface area contributed by atoms with Gasteiger partial charge in [-0.2, -0.15) is 0 Å². The molecule has 0 aliphatic heterocycles. The number of rotatable bonds is 8. The average molecular weight is 331 g/mol. The summed E-state index contributed by atoms with van der Waals surface area (Å²) in [6.45, 7) is 5.26. The molecule has 0 aliphatic rings. The average Bonchev–Trinajstić information content (AvgIpc) is 2.99. The molecule has 0 saturated heterocycles. The van der Waals surface area contributed by atoms with Crippen molar-refractivity contribution in [1.82, 2.24) is 4.90 Å². The highest BCUT2D eigenvalue weighted by Crippen LogP contribution is 2.16. The molecule has 2 aromatic rings. The fourth-order valence-electron chi connectivity index (χ4n) is 2.50. The molecule has 0 saturated carbocycles. The smallest absolute Gasteiger partial charge is 0.222 e. The number of carbonyl (C=O) groups excluding carboxylic acids is 1. The van der Waals surface area contributed by atoms with Crippen molar-refractivity contribution in [2.45, 2.75) is 33.1 Å². The van der Waals surface area contributed by atoms with E-state index >= 15 is 0 Å². The van der Waals surface area contributed by atoms with Crippen LogP contribution in [-0.4, -0.2) is 31.0 Å². The van der Waals surface area contributed by atoms with Gasteiger partial charge in [-0.25, -0.2) is 0 Å². The van der Waals surface area contributed by atoms with Crippen molar-refractivity contribution in [3.05, 3.63) is 51.7 Å². The van der Waals surface area contributed by atoms with E-state index in [1.165, 1.54) is 16.0 Å². The van der Waals surface area contributed by atoms with Gasteiger partial charge in [-0.15, -0.1) is 11.3 Å². The molecular weight excluding hydrogens is 306 g/mol. The van der Waals surface area contributed by atoms with Gasteiger partial charge in [0.05, 0.1) is 6.54 Å². The lowest BCUT2D eigenvalue weighted by Gasteiger charge is -2.17. The van der Waals surface area contributed by atoms with Crippen LogP contribution in [-0.2, 0) is 11.2 Å². The van der Waals surface area contributed by atoms with Gasteiger partial charge in [0, 0.05) is 18.3 Å². The van der Waals surface area contributed by atoms with Gasteiger partial charge in [-0.1, -0.05) is 12.1 Å². The first-order valence-electron chi connectivity index (χ1n) is 8.02. The normalized spacial score (nSPS) is 10.6. The summed E-state index contributed by atoms with van der Waals surface area (Å²) in [6.07, 6.45) is 2.48. The summed E-state index contributed by atoms with van der Waals surface area (Å²) in [5, 5.41) is 2.08. The molecule has 0 radical (unpaired) electrons. The number of amides is 1. The summed E-state index contributed by atoms with van der Waals surface area (Å²) in [5.41, 5.74) is 2.39. The number of thiophene rings is 1. The van der Waals surface area contributed by atoms with Crippen LogP contribution in [0.1, 0.15) is 28.8 Å². The van der Waals surface area contributed by atoms with Crippen LogP contribution in [0.3, 0.4) is 0 Å². The number of carbonyl (C=O) groups is 1. The van der Waals surface area contributed by atoms with E-state index in [-0.39, 0.29) is 5.91 Å². The third kappa shape index (κ3) is 6.06. The number of hydrogen-bond donors (Lipinski definition) is 0. The molecular formula is C19H25NO2S. The Bertz CT molecular complexity index is 602. The molecule has 0 N–H and O–H groups in total. The zero-order chi connectivity index (χ0) is 16.7. The molecule has 23 heavy (non-hydrogen) atoms. The molecule has 1 heterocycles. The lowest BCUT2D eigenvalue weighted by molar-refractivity contribution is -0.130. The van der Waals surface area contributed by atoms with E-state index in [0.29, 0.717) is 19.6 Å². The second-order valence-electron chi connectivity index (χ2n) is 5.92. The zero-order valence-corrected chi connectivity index (χ0v) is 15.0. The summed E-state index contributed by atoms with van der Waals surface area (Å²) >= 11 is 1.75. The number of hydrogen-bond acceptors (Lipinski definition) is 3. The van der Waals surface area contributed by atoms with E-state index in [0.717, 1.165) is 18.6 Å². The Balaban J connectivity index is 1.67. The highest BCUT2D eigenvalue weighted by Gasteiger charge is 2.09. The molecule has 3 nitrogen and oxygen atoms in total. The van der Waals surface area contributed by atoms with Gasteiger partial charge in [0.1, 0.15) is 12.4 Å². The van der Waals surface area contributed by atoms with Crippen LogP contribution in [0.15, 0.2) is 35.7 Å². The molecule has 1 aromatic heterocycles. The van der Waals surface area contributed by atoms with E-state index in [1.807, 2.05) is 19.2 Å². The maximum atomic E-state index is 12.1. The Morgan fingerprint density at radius 1 is 1.22 bits per heavy atom. The van der Waals surface area contributed by atoms with Crippen molar-refractivity contribution in [2.24, 2.45) is 0 Å². The molecule has 0 aliphatic carbocycles. The molecule has 4 heteroatoms. The Labute approximate surface area is 142 Å². The number of ether oxygens (including phenoxy) is 1. The molecule has 124 valence electrons. The number of nitrogens with zero attached hydrogens (tertiary/aromatic N) is 1. The largest absolute Gasteiger partial charge is 0.492 e. The van der Waals surface area contributed by atoms with E-state index in [9.17, 15) is 4.79 Å². The Morgan fingerprint density at radius 3 is 2.61 bits per heavy atom. The van der Waals surface area contributed by atoms with Gasteiger partial charge in [0.25, 0.3) is 0 Å². The SMILES string of the molecule is Cc1cc(C)cc(OCCN(C)C(=O)CCCc2cccs2)c1. The van der Waals surface area contributed by atoms with Crippen LogP contribution >= 0.6 is 11.3 Å². The first kappa shape index (κ1) is 17.5. The molecule has 0 unspecified atom stereocenters. The van der Waals surface area contributed by atoms with Gasteiger partial charge in [-0.05, 0) is 61.4 Å². The lowest BCUT2D eigenvalue weighted by atomic mass is 10.1. The number of aryl methyl sites for hydroxylation is 3. The minimum absolute atomic E-state index is 0.186. The summed E-state index contributed by atoms with van der Waals surface area (Å²) in [7, 11) is 1.85. The fourth-order valence-corrected chi connectivity index (χ4v) is 3.25. The number of benzene rings is 1. The first-order chi connectivity index (χ1) is 11.0. The Kier molecular flexibility index (Phi) is 6.66. The third-order valence-corrected chi connectivity index (χ3v) is 4.65. The molecule has 0 spiro atoms. The Morgan fingerprint density at radius 2 is 1.96 bits per heavy atom. The van der Waals surface area contributed by atoms with Gasteiger partial charge >= 0.3 is 0 Å². The van der Waals surface area contributed by atoms with Gasteiger partial charge in [-0.3, -0.25) is 4.79 Å². The monoisotopic (exact) mass is 331 g/mol. The maximum Gasteiger partial charge on any atom is 0.222 e. The second-order valence-corrected chi connectivity index (χ2v) is 6.95. The summed E-state index contributed by atoms with van der Waals surface area (Å²) in [5.74, 6) is 1.06. The third-order valence-electron chi connectivity index (χ3n) is 3.71. The quantitative estimate of drug-likeness (QED) is 0.724. The predicted molar refractivity (Wildman–Crippen MR) is 96.3 cm³/mol. The van der Waals surface area contributed by atoms with Crippen LogP contribution in [0.25, 0.3) is 0 Å². The van der Waals surface area contributed by atoms with E-state index in [4.69, 9.17) is 4.74 Å². The van der Waals surface area contributed by atoms with Crippen molar-refractivity contribution in [3.63, 3.8) is 0 Å². The van der Waals surface area contributed by atoms with Gasteiger partial charge in [0.2, 0.25) is 5.91 Å². The molecule has 1 aromatic carbocycles. The van der Waals surface area contributed by atoms with Gasteiger partial charge in [0.15, 0.2) is 0 Å². The fraction of sp³-hybridized carbons (Fsp3) is 0.421. The zero-order valence-electron chi connectivity index (χ0n) is 14.2. The highest BCUT2D eigenvalue weighted by molar-refractivity contribution is 7.09.